The molecule has 2 fully saturated rings. The summed E-state index contributed by atoms with van der Waals surface area (Å²) in [7, 11) is 0. The van der Waals surface area contributed by atoms with E-state index in [1.807, 2.05) is 0 Å². The van der Waals surface area contributed by atoms with Crippen LogP contribution in [0.2, 0.25) is 0 Å². The molecule has 1 spiro atoms. The number of nitrogens with one attached hydrogen (secondary N) is 1. The molecule has 1 atom stereocenters. The fourth-order valence-electron chi connectivity index (χ4n) is 2.88. The van der Waals surface area contributed by atoms with Gasteiger partial charge in [-0.2, -0.15) is 13.2 Å². The number of alkyl halides is 3. The first kappa shape index (κ1) is 20.2. The first-order valence-electron chi connectivity index (χ1n) is 7.47. The molecular formula is C14H21F3N2O5. The van der Waals surface area contributed by atoms with E-state index in [9.17, 15) is 27.6 Å². The molecule has 2 saturated heterocycles. The summed E-state index contributed by atoms with van der Waals surface area (Å²) in [4.78, 5) is 33.5. The summed E-state index contributed by atoms with van der Waals surface area (Å²) in [5.41, 5.74) is 0.0338. The topological polar surface area (TPSA) is 107 Å². The Hall–Kier alpha value is -1.84. The zero-order valence-corrected chi connectivity index (χ0v) is 13.2. The Labute approximate surface area is 136 Å². The number of likely N-dealkylation sites (tertiary alicyclic amines) is 1. The highest BCUT2D eigenvalue weighted by Crippen LogP contribution is 2.39. The van der Waals surface area contributed by atoms with E-state index < -0.39 is 30.6 Å². The molecule has 1 amide bonds. The van der Waals surface area contributed by atoms with Crippen LogP contribution in [0.4, 0.5) is 13.2 Å². The standard InChI is InChI=1S/C11H18N2O3.C3H3F3O2/c1-8(10(15)16)13-7-11(6-9(13)14)2-4-12-5-3-11;4-3(5,6)1-2(7)8/h8,12H,2-7H2,1H3,(H,15,16);1H2,(H,7,8). The van der Waals surface area contributed by atoms with Crippen molar-refractivity contribution in [3.8, 4) is 0 Å². The van der Waals surface area contributed by atoms with Gasteiger partial charge in [0.25, 0.3) is 0 Å². The van der Waals surface area contributed by atoms with Gasteiger partial charge in [0.05, 0.1) is 0 Å². The van der Waals surface area contributed by atoms with E-state index in [1.165, 1.54) is 4.90 Å². The minimum absolute atomic E-state index is 0.00296. The van der Waals surface area contributed by atoms with Crippen molar-refractivity contribution in [2.75, 3.05) is 19.6 Å². The van der Waals surface area contributed by atoms with Crippen LogP contribution < -0.4 is 5.32 Å². The third-order valence-electron chi connectivity index (χ3n) is 4.19. The third kappa shape index (κ3) is 5.99. The third-order valence-corrected chi connectivity index (χ3v) is 4.19. The normalized spacial score (nSPS) is 21.2. The van der Waals surface area contributed by atoms with Crippen molar-refractivity contribution in [2.24, 2.45) is 5.41 Å². The fraction of sp³-hybridized carbons (Fsp3) is 0.786. The second-order valence-corrected chi connectivity index (χ2v) is 6.15. The molecule has 24 heavy (non-hydrogen) atoms. The van der Waals surface area contributed by atoms with Gasteiger partial charge in [0.1, 0.15) is 12.5 Å². The molecule has 0 aliphatic carbocycles. The first-order chi connectivity index (χ1) is 11.0. The number of hydrogen-bond donors (Lipinski definition) is 3. The average Bonchev–Trinajstić information content (AvgIpc) is 2.73. The summed E-state index contributed by atoms with van der Waals surface area (Å²) >= 11 is 0. The minimum atomic E-state index is -4.58. The first-order valence-corrected chi connectivity index (χ1v) is 7.47. The molecule has 10 heteroatoms. The average molecular weight is 354 g/mol. The molecule has 2 heterocycles. The number of carbonyl (C=O) groups is 3. The predicted octanol–water partition coefficient (Wildman–Crippen LogP) is 1.08. The second-order valence-electron chi connectivity index (χ2n) is 6.15. The van der Waals surface area contributed by atoms with E-state index in [4.69, 9.17) is 10.2 Å². The Morgan fingerprint density at radius 1 is 1.29 bits per heavy atom. The summed E-state index contributed by atoms with van der Waals surface area (Å²) in [6, 6.07) is -0.693. The fourth-order valence-corrected chi connectivity index (χ4v) is 2.88. The Morgan fingerprint density at radius 3 is 2.21 bits per heavy atom. The summed E-state index contributed by atoms with van der Waals surface area (Å²) < 4.78 is 32.8. The lowest BCUT2D eigenvalue weighted by Crippen LogP contribution is -2.43. The zero-order chi connectivity index (χ0) is 18.5. The minimum Gasteiger partial charge on any atom is -0.481 e. The van der Waals surface area contributed by atoms with E-state index in [2.05, 4.69) is 5.32 Å². The van der Waals surface area contributed by atoms with Crippen LogP contribution in [0, 0.1) is 5.41 Å². The van der Waals surface area contributed by atoms with Crippen LogP contribution in [0.15, 0.2) is 0 Å². The van der Waals surface area contributed by atoms with Gasteiger partial charge in [-0.25, -0.2) is 4.79 Å². The van der Waals surface area contributed by atoms with Crippen molar-refractivity contribution in [1.29, 1.82) is 0 Å². The van der Waals surface area contributed by atoms with Crippen LogP contribution in [0.5, 0.6) is 0 Å². The van der Waals surface area contributed by atoms with E-state index in [0.29, 0.717) is 13.0 Å². The molecule has 0 radical (unpaired) electrons. The van der Waals surface area contributed by atoms with Crippen molar-refractivity contribution in [1.82, 2.24) is 10.2 Å². The van der Waals surface area contributed by atoms with Gasteiger partial charge in [0.2, 0.25) is 5.91 Å². The van der Waals surface area contributed by atoms with Gasteiger partial charge >= 0.3 is 18.1 Å². The highest BCUT2D eigenvalue weighted by atomic mass is 19.4. The molecule has 2 rings (SSSR count). The number of carbonyl (C=O) groups excluding carboxylic acids is 1. The highest BCUT2D eigenvalue weighted by Gasteiger charge is 2.46. The van der Waals surface area contributed by atoms with Crippen LogP contribution >= 0.6 is 0 Å². The monoisotopic (exact) mass is 354 g/mol. The second kappa shape index (κ2) is 7.82. The summed E-state index contributed by atoms with van der Waals surface area (Å²) in [6.45, 7) is 4.06. The number of carboxylic acids is 2. The largest absolute Gasteiger partial charge is 0.481 e. The molecule has 7 nitrogen and oxygen atoms in total. The molecule has 2 aliphatic rings. The van der Waals surface area contributed by atoms with Crippen molar-refractivity contribution in [2.45, 2.75) is 44.8 Å². The summed E-state index contributed by atoms with van der Waals surface area (Å²) in [5.74, 6) is -2.77. The molecule has 0 saturated carbocycles. The highest BCUT2D eigenvalue weighted by molar-refractivity contribution is 5.85. The Balaban J connectivity index is 0.000000307. The molecule has 0 aromatic heterocycles. The number of nitrogens with zero attached hydrogens (tertiary/aromatic N) is 1. The number of halogens is 3. The lowest BCUT2D eigenvalue weighted by atomic mass is 9.78. The van der Waals surface area contributed by atoms with Crippen molar-refractivity contribution in [3.05, 3.63) is 0 Å². The van der Waals surface area contributed by atoms with Crippen molar-refractivity contribution >= 4 is 17.8 Å². The number of hydrogen-bond acceptors (Lipinski definition) is 4. The maximum Gasteiger partial charge on any atom is 0.399 e. The Bertz CT molecular complexity index is 489. The van der Waals surface area contributed by atoms with Gasteiger partial charge in [0, 0.05) is 13.0 Å². The smallest absolute Gasteiger partial charge is 0.399 e. The molecular weight excluding hydrogens is 333 g/mol. The van der Waals surface area contributed by atoms with E-state index in [0.717, 1.165) is 25.9 Å². The number of carboxylic acid groups (broad SMARTS) is 2. The molecule has 0 aromatic rings. The van der Waals surface area contributed by atoms with Gasteiger partial charge in [-0.15, -0.1) is 0 Å². The van der Waals surface area contributed by atoms with Crippen molar-refractivity contribution < 1.29 is 37.8 Å². The SMILES string of the molecule is CC(C(=O)O)N1CC2(CCNCC2)CC1=O.O=C(O)CC(F)(F)F. The van der Waals surface area contributed by atoms with E-state index in [-0.39, 0.29) is 11.3 Å². The van der Waals surface area contributed by atoms with Gasteiger partial charge in [0.15, 0.2) is 0 Å². The number of aliphatic carboxylic acids is 2. The van der Waals surface area contributed by atoms with Crippen LogP contribution in [0.3, 0.4) is 0 Å². The van der Waals surface area contributed by atoms with Crippen LogP contribution in [-0.2, 0) is 14.4 Å². The maximum absolute atomic E-state index is 11.8. The predicted molar refractivity (Wildman–Crippen MR) is 76.3 cm³/mol. The number of rotatable bonds is 3. The van der Waals surface area contributed by atoms with Gasteiger partial charge in [-0.3, -0.25) is 9.59 Å². The van der Waals surface area contributed by atoms with Crippen LogP contribution in [0.25, 0.3) is 0 Å². The van der Waals surface area contributed by atoms with Crippen LogP contribution in [-0.4, -0.2) is 64.8 Å². The quantitative estimate of drug-likeness (QED) is 0.700. The zero-order valence-electron chi connectivity index (χ0n) is 13.2. The molecule has 1 unspecified atom stereocenters. The Morgan fingerprint density at radius 2 is 1.83 bits per heavy atom. The molecule has 0 aromatic carbocycles. The summed E-state index contributed by atoms with van der Waals surface area (Å²) in [6.07, 6.45) is -3.87. The number of piperidine rings is 1. The maximum atomic E-state index is 11.8. The van der Waals surface area contributed by atoms with E-state index in [1.54, 1.807) is 6.92 Å². The van der Waals surface area contributed by atoms with E-state index >= 15 is 0 Å². The molecule has 3 N–H and O–H groups in total. The molecule has 2 aliphatic heterocycles. The summed E-state index contributed by atoms with van der Waals surface area (Å²) in [5, 5.41) is 19.7. The van der Waals surface area contributed by atoms with Crippen molar-refractivity contribution in [3.63, 3.8) is 0 Å². The van der Waals surface area contributed by atoms with Gasteiger partial charge in [-0.1, -0.05) is 0 Å². The number of amides is 1. The lowest BCUT2D eigenvalue weighted by Gasteiger charge is -2.33. The molecule has 138 valence electrons. The lowest BCUT2D eigenvalue weighted by molar-refractivity contribution is -0.166. The van der Waals surface area contributed by atoms with Crippen LogP contribution in [0.1, 0.15) is 32.6 Å². The Kier molecular flexibility index (Phi) is 6.58. The van der Waals surface area contributed by atoms with Gasteiger partial charge < -0.3 is 20.4 Å². The van der Waals surface area contributed by atoms with Gasteiger partial charge in [-0.05, 0) is 38.3 Å². The molecule has 0 bridgehead atoms.